The van der Waals surface area contributed by atoms with E-state index in [-0.39, 0.29) is 5.75 Å². The highest BCUT2D eigenvalue weighted by Crippen LogP contribution is 2.32. The van der Waals surface area contributed by atoms with Crippen LogP contribution in [-0.4, -0.2) is 28.8 Å². The molecule has 17 heavy (non-hydrogen) atoms. The van der Waals surface area contributed by atoms with Crippen molar-refractivity contribution in [2.75, 3.05) is 5.75 Å². The molecule has 1 saturated heterocycles. The lowest BCUT2D eigenvalue weighted by Crippen LogP contribution is -2.23. The van der Waals surface area contributed by atoms with Gasteiger partial charge >= 0.3 is 0 Å². The van der Waals surface area contributed by atoms with E-state index in [9.17, 15) is 8.42 Å². The summed E-state index contributed by atoms with van der Waals surface area (Å²) in [7, 11) is -3.06. The van der Waals surface area contributed by atoms with Gasteiger partial charge in [0.2, 0.25) is 0 Å². The lowest BCUT2D eigenvalue weighted by Gasteiger charge is -2.20. The van der Waals surface area contributed by atoms with Gasteiger partial charge in [-0.15, -0.1) is 10.2 Å². The maximum Gasteiger partial charge on any atom is 0.160 e. The van der Waals surface area contributed by atoms with Gasteiger partial charge in [0.25, 0.3) is 0 Å². The summed E-state index contributed by atoms with van der Waals surface area (Å²) in [5.41, 5.74) is 0.697. The number of sulfone groups is 1. The van der Waals surface area contributed by atoms with E-state index in [2.05, 4.69) is 10.2 Å². The van der Waals surface area contributed by atoms with Crippen LogP contribution < -0.4 is 0 Å². The molecule has 0 N–H and O–H groups in total. The summed E-state index contributed by atoms with van der Waals surface area (Å²) in [4.78, 5) is 0. The van der Waals surface area contributed by atoms with Gasteiger partial charge in [0, 0.05) is 6.20 Å². The molecule has 90 valence electrons. The predicted octanol–water partition coefficient (Wildman–Crippen LogP) is 1.37. The lowest BCUT2D eigenvalue weighted by atomic mass is 10.2. The van der Waals surface area contributed by atoms with Crippen LogP contribution in [-0.2, 0) is 9.84 Å². The third-order valence-corrected chi connectivity index (χ3v) is 5.38. The molecule has 6 heteroatoms. The highest BCUT2D eigenvalue weighted by molar-refractivity contribution is 7.91. The molecule has 1 fully saturated rings. The van der Waals surface area contributed by atoms with Crippen LogP contribution in [0.15, 0.2) is 24.4 Å². The summed E-state index contributed by atoms with van der Waals surface area (Å²) in [6, 6.07) is 5.55. The average molecular weight is 251 g/mol. The molecule has 3 heterocycles. The number of rotatable bonds is 1. The normalized spacial score (nSPS) is 23.9. The Morgan fingerprint density at radius 1 is 1.24 bits per heavy atom. The van der Waals surface area contributed by atoms with Crippen molar-refractivity contribution in [2.24, 2.45) is 0 Å². The van der Waals surface area contributed by atoms with E-state index in [0.717, 1.165) is 12.8 Å². The molecule has 0 aliphatic carbocycles. The zero-order valence-corrected chi connectivity index (χ0v) is 10.1. The van der Waals surface area contributed by atoms with Gasteiger partial charge < -0.3 is 0 Å². The molecule has 1 aliphatic heterocycles. The molecule has 1 atom stereocenters. The molecule has 0 aromatic carbocycles. The minimum atomic E-state index is -3.06. The molecule has 1 aliphatic rings. The first-order chi connectivity index (χ1) is 8.18. The van der Waals surface area contributed by atoms with E-state index in [0.29, 0.717) is 17.9 Å². The molecule has 2 aromatic heterocycles. The van der Waals surface area contributed by atoms with Crippen LogP contribution in [0.5, 0.6) is 0 Å². The number of pyridine rings is 1. The topological polar surface area (TPSA) is 64.3 Å². The molecule has 5 nitrogen and oxygen atoms in total. The first-order valence-corrected chi connectivity index (χ1v) is 7.41. The SMILES string of the molecule is O=S1(=O)CCCCC1c1nnc2ccccn12. The standard InChI is InChI=1S/C11H13N3O2S/c15-17(16)8-4-2-5-9(17)11-13-12-10-6-1-3-7-14(10)11/h1,3,6-7,9H,2,4-5,8H2. The first kappa shape index (κ1) is 10.7. The van der Waals surface area contributed by atoms with Gasteiger partial charge in [0.15, 0.2) is 21.3 Å². The monoisotopic (exact) mass is 251 g/mol. The van der Waals surface area contributed by atoms with Crippen molar-refractivity contribution in [2.45, 2.75) is 24.5 Å². The molecule has 3 rings (SSSR count). The van der Waals surface area contributed by atoms with Gasteiger partial charge in [-0.25, -0.2) is 8.42 Å². The quantitative estimate of drug-likeness (QED) is 0.768. The molecule has 0 saturated carbocycles. The van der Waals surface area contributed by atoms with Crippen molar-refractivity contribution in [3.8, 4) is 0 Å². The van der Waals surface area contributed by atoms with Gasteiger partial charge in [-0.2, -0.15) is 0 Å². The molecular formula is C11H13N3O2S. The summed E-state index contributed by atoms with van der Waals surface area (Å²) in [5, 5.41) is 7.56. The van der Waals surface area contributed by atoms with Crippen molar-refractivity contribution in [1.82, 2.24) is 14.6 Å². The van der Waals surface area contributed by atoms with E-state index >= 15 is 0 Å². The summed E-state index contributed by atoms with van der Waals surface area (Å²) in [5.74, 6) is 0.819. The number of nitrogens with zero attached hydrogens (tertiary/aromatic N) is 3. The third kappa shape index (κ3) is 1.72. The number of fused-ring (bicyclic) bond motifs is 1. The number of aromatic nitrogens is 3. The largest absolute Gasteiger partial charge is 0.285 e. The summed E-state index contributed by atoms with van der Waals surface area (Å²) >= 11 is 0. The molecule has 0 radical (unpaired) electrons. The van der Waals surface area contributed by atoms with E-state index in [4.69, 9.17) is 0 Å². The fourth-order valence-corrected chi connectivity index (χ4v) is 4.22. The zero-order valence-electron chi connectivity index (χ0n) is 9.28. The van der Waals surface area contributed by atoms with E-state index in [1.54, 1.807) is 4.40 Å². The molecule has 0 amide bonds. The molecule has 2 aromatic rings. The van der Waals surface area contributed by atoms with Crippen molar-refractivity contribution in [3.63, 3.8) is 0 Å². The van der Waals surface area contributed by atoms with Crippen LogP contribution >= 0.6 is 0 Å². The van der Waals surface area contributed by atoms with Crippen LogP contribution in [0.1, 0.15) is 30.3 Å². The van der Waals surface area contributed by atoms with Gasteiger partial charge in [0.1, 0.15) is 5.25 Å². The Kier molecular flexibility index (Phi) is 2.39. The summed E-state index contributed by atoms with van der Waals surface area (Å²) < 4.78 is 25.9. The minimum Gasteiger partial charge on any atom is -0.285 e. The van der Waals surface area contributed by atoms with Gasteiger partial charge in [0.05, 0.1) is 5.75 Å². The maximum absolute atomic E-state index is 12.0. The molecule has 1 unspecified atom stereocenters. The van der Waals surface area contributed by atoms with E-state index in [1.165, 1.54) is 0 Å². The van der Waals surface area contributed by atoms with Gasteiger partial charge in [-0.1, -0.05) is 12.5 Å². The minimum absolute atomic E-state index is 0.263. The van der Waals surface area contributed by atoms with Crippen LogP contribution in [0.3, 0.4) is 0 Å². The highest BCUT2D eigenvalue weighted by atomic mass is 32.2. The van der Waals surface area contributed by atoms with E-state index < -0.39 is 15.1 Å². The lowest BCUT2D eigenvalue weighted by molar-refractivity contribution is 0.537. The van der Waals surface area contributed by atoms with Crippen molar-refractivity contribution >= 4 is 15.5 Å². The second kappa shape index (κ2) is 3.80. The predicted molar refractivity (Wildman–Crippen MR) is 63.4 cm³/mol. The van der Waals surface area contributed by atoms with Crippen molar-refractivity contribution in [1.29, 1.82) is 0 Å². The van der Waals surface area contributed by atoms with E-state index in [1.807, 2.05) is 24.4 Å². The van der Waals surface area contributed by atoms with Crippen molar-refractivity contribution in [3.05, 3.63) is 30.2 Å². The fraction of sp³-hybridized carbons (Fsp3) is 0.455. The average Bonchev–Trinajstić information content (AvgIpc) is 2.72. The van der Waals surface area contributed by atoms with Crippen LogP contribution in [0.25, 0.3) is 5.65 Å². The highest BCUT2D eigenvalue weighted by Gasteiger charge is 2.33. The zero-order chi connectivity index (χ0) is 11.9. The number of hydrogen-bond acceptors (Lipinski definition) is 4. The Morgan fingerprint density at radius 2 is 2.12 bits per heavy atom. The van der Waals surface area contributed by atoms with Crippen molar-refractivity contribution < 1.29 is 8.42 Å². The Morgan fingerprint density at radius 3 is 2.94 bits per heavy atom. The first-order valence-electron chi connectivity index (χ1n) is 5.70. The smallest absolute Gasteiger partial charge is 0.160 e. The van der Waals surface area contributed by atoms with Crippen LogP contribution in [0, 0.1) is 0 Å². The molecule has 0 bridgehead atoms. The second-order valence-corrected chi connectivity index (χ2v) is 6.64. The Bertz CT molecular complexity index is 648. The fourth-order valence-electron chi connectivity index (χ4n) is 2.32. The van der Waals surface area contributed by atoms with Gasteiger partial charge in [-0.05, 0) is 25.0 Å². The second-order valence-electron chi connectivity index (χ2n) is 4.34. The van der Waals surface area contributed by atoms with Gasteiger partial charge in [-0.3, -0.25) is 4.40 Å². The maximum atomic E-state index is 12.0. The Balaban J connectivity index is 2.15. The van der Waals surface area contributed by atoms with Crippen LogP contribution in [0.4, 0.5) is 0 Å². The molecular weight excluding hydrogens is 238 g/mol. The summed E-state index contributed by atoms with van der Waals surface area (Å²) in [6.45, 7) is 0. The Hall–Kier alpha value is -1.43. The summed E-state index contributed by atoms with van der Waals surface area (Å²) in [6.07, 6.45) is 4.16. The Labute approximate surface area is 99.4 Å². The third-order valence-electron chi connectivity index (χ3n) is 3.21. The van der Waals surface area contributed by atoms with Crippen LogP contribution in [0.2, 0.25) is 0 Å². The molecule has 0 spiro atoms. The number of hydrogen-bond donors (Lipinski definition) is 0.